The second-order valence-electron chi connectivity index (χ2n) is 3.65. The Balaban J connectivity index is 2.56. The summed E-state index contributed by atoms with van der Waals surface area (Å²) in [5.74, 6) is -0.265. The number of amides is 2. The minimum absolute atomic E-state index is 0.0717. The third kappa shape index (κ3) is 5.40. The third-order valence-corrected chi connectivity index (χ3v) is 3.53. The number of hydrogen-bond acceptors (Lipinski definition) is 4. The van der Waals surface area contributed by atoms with Crippen LogP contribution in [0, 0.1) is 5.41 Å². The van der Waals surface area contributed by atoms with E-state index < -0.39 is 11.1 Å². The fraction of sp³-hybridized carbons (Fsp3) is 0.250. The highest BCUT2D eigenvalue weighted by Gasteiger charge is 2.13. The average Bonchev–Trinajstić information content (AvgIpc) is 2.34. The van der Waals surface area contributed by atoms with E-state index in [9.17, 15) is 9.59 Å². The molecule has 2 amide bonds. The summed E-state index contributed by atoms with van der Waals surface area (Å²) < 4.78 is 0. The number of carbonyl (C=O) groups excluding carboxylic acids is 2. The number of rotatable bonds is 3. The molecule has 1 aromatic carbocycles. The van der Waals surface area contributed by atoms with E-state index in [1.807, 2.05) is 6.92 Å². The van der Waals surface area contributed by atoms with E-state index in [2.05, 4.69) is 10.6 Å². The normalized spacial score (nSPS) is 9.95. The molecule has 108 valence electrons. The molecule has 0 fully saturated rings. The molecule has 0 heterocycles. The Kier molecular flexibility index (Phi) is 6.84. The van der Waals surface area contributed by atoms with Crippen molar-refractivity contribution in [2.24, 2.45) is 0 Å². The van der Waals surface area contributed by atoms with E-state index in [1.54, 1.807) is 18.2 Å². The molecule has 0 radical (unpaired) electrons. The Morgan fingerprint density at radius 3 is 2.40 bits per heavy atom. The van der Waals surface area contributed by atoms with Crippen LogP contribution in [0.3, 0.4) is 0 Å². The highest BCUT2D eigenvalue weighted by Crippen LogP contribution is 2.24. The third-order valence-electron chi connectivity index (χ3n) is 2.17. The van der Waals surface area contributed by atoms with Crippen LogP contribution >= 0.6 is 35.0 Å². The van der Waals surface area contributed by atoms with E-state index in [1.165, 1.54) is 0 Å². The summed E-state index contributed by atoms with van der Waals surface area (Å²) in [5, 5.41) is 12.3. The molecule has 20 heavy (non-hydrogen) atoms. The molecular weight excluding hydrogens is 321 g/mol. The van der Waals surface area contributed by atoms with Gasteiger partial charge in [-0.2, -0.15) is 0 Å². The zero-order valence-electron chi connectivity index (χ0n) is 10.6. The first-order chi connectivity index (χ1) is 9.43. The largest absolute Gasteiger partial charge is 0.296 e. The zero-order valence-corrected chi connectivity index (χ0v) is 13.0. The van der Waals surface area contributed by atoms with Gasteiger partial charge in [0, 0.05) is 10.0 Å². The van der Waals surface area contributed by atoms with Gasteiger partial charge in [0.2, 0.25) is 11.9 Å². The SMILES string of the molecule is CCSC(=O)NC(=N)NC(=O)Cc1c(Cl)cccc1Cl. The predicted octanol–water partition coefficient (Wildman–Crippen LogP) is 3.05. The first-order valence-electron chi connectivity index (χ1n) is 5.69. The summed E-state index contributed by atoms with van der Waals surface area (Å²) in [6, 6.07) is 4.93. The minimum atomic E-state index is -0.480. The van der Waals surface area contributed by atoms with Crippen molar-refractivity contribution >= 4 is 52.1 Å². The molecular formula is C12H13Cl2N3O2S. The van der Waals surface area contributed by atoms with Gasteiger partial charge in [0.25, 0.3) is 5.24 Å². The predicted molar refractivity (Wildman–Crippen MR) is 82.7 cm³/mol. The van der Waals surface area contributed by atoms with Gasteiger partial charge in [0.05, 0.1) is 6.42 Å². The van der Waals surface area contributed by atoms with Gasteiger partial charge in [-0.05, 0) is 23.4 Å². The lowest BCUT2D eigenvalue weighted by atomic mass is 10.1. The Morgan fingerprint density at radius 1 is 1.25 bits per heavy atom. The second-order valence-corrected chi connectivity index (χ2v) is 5.70. The Bertz CT molecular complexity index is 517. The molecule has 0 saturated carbocycles. The van der Waals surface area contributed by atoms with Gasteiger partial charge in [0.1, 0.15) is 0 Å². The second kappa shape index (κ2) is 8.14. The van der Waals surface area contributed by atoms with Crippen molar-refractivity contribution in [3.05, 3.63) is 33.8 Å². The summed E-state index contributed by atoms with van der Waals surface area (Å²) in [7, 11) is 0. The summed E-state index contributed by atoms with van der Waals surface area (Å²) in [6.45, 7) is 1.81. The number of carbonyl (C=O) groups is 2. The lowest BCUT2D eigenvalue weighted by molar-refractivity contribution is -0.119. The van der Waals surface area contributed by atoms with Gasteiger partial charge in [-0.3, -0.25) is 25.6 Å². The molecule has 5 nitrogen and oxygen atoms in total. The van der Waals surface area contributed by atoms with E-state index in [0.29, 0.717) is 21.4 Å². The average molecular weight is 334 g/mol. The molecule has 0 spiro atoms. The molecule has 0 unspecified atom stereocenters. The molecule has 1 rings (SSSR count). The van der Waals surface area contributed by atoms with Gasteiger partial charge < -0.3 is 0 Å². The van der Waals surface area contributed by atoms with Crippen LogP contribution in [0.1, 0.15) is 12.5 Å². The Hall–Kier alpha value is -1.24. The minimum Gasteiger partial charge on any atom is -0.296 e. The number of halogens is 2. The van der Waals surface area contributed by atoms with Crippen LogP contribution in [0.15, 0.2) is 18.2 Å². The van der Waals surface area contributed by atoms with E-state index in [4.69, 9.17) is 28.6 Å². The zero-order chi connectivity index (χ0) is 15.1. The first kappa shape index (κ1) is 16.8. The summed E-state index contributed by atoms with van der Waals surface area (Å²) in [5.41, 5.74) is 0.482. The van der Waals surface area contributed by atoms with Crippen molar-refractivity contribution in [3.8, 4) is 0 Å². The smallest absolute Gasteiger partial charge is 0.285 e. The van der Waals surface area contributed by atoms with Crippen LogP contribution in [0.4, 0.5) is 4.79 Å². The summed E-state index contributed by atoms with van der Waals surface area (Å²) in [6.07, 6.45) is -0.0717. The number of thioether (sulfide) groups is 1. The Labute approximate surface area is 130 Å². The van der Waals surface area contributed by atoms with Crippen LogP contribution < -0.4 is 10.6 Å². The monoisotopic (exact) mass is 333 g/mol. The standard InChI is InChI=1S/C12H13Cl2N3O2S/c1-2-20-12(19)17-11(15)16-10(18)6-7-8(13)4-3-5-9(7)14/h3-5H,2,6H2,1H3,(H3,15,16,17,18,19). The molecule has 0 aliphatic rings. The lowest BCUT2D eigenvalue weighted by Gasteiger charge is -2.09. The summed E-state index contributed by atoms with van der Waals surface area (Å²) >= 11 is 12.9. The van der Waals surface area contributed by atoms with Crippen molar-refractivity contribution in [2.75, 3.05) is 5.75 Å². The highest BCUT2D eigenvalue weighted by molar-refractivity contribution is 8.13. The van der Waals surface area contributed by atoms with Gasteiger partial charge in [-0.1, -0.05) is 48.0 Å². The maximum atomic E-state index is 11.7. The lowest BCUT2D eigenvalue weighted by Crippen LogP contribution is -2.42. The van der Waals surface area contributed by atoms with Gasteiger partial charge in [0.15, 0.2) is 0 Å². The molecule has 0 atom stereocenters. The molecule has 0 aromatic heterocycles. The maximum Gasteiger partial charge on any atom is 0.285 e. The highest BCUT2D eigenvalue weighted by atomic mass is 35.5. The quantitative estimate of drug-likeness (QED) is 0.587. The molecule has 3 N–H and O–H groups in total. The van der Waals surface area contributed by atoms with Crippen molar-refractivity contribution in [1.29, 1.82) is 5.41 Å². The van der Waals surface area contributed by atoms with Crippen LogP contribution in [0.2, 0.25) is 10.0 Å². The molecule has 0 aliphatic carbocycles. The van der Waals surface area contributed by atoms with Gasteiger partial charge in [-0.15, -0.1) is 0 Å². The van der Waals surface area contributed by atoms with E-state index >= 15 is 0 Å². The molecule has 0 bridgehead atoms. The molecule has 1 aromatic rings. The van der Waals surface area contributed by atoms with E-state index in [-0.39, 0.29) is 12.4 Å². The van der Waals surface area contributed by atoms with Crippen molar-refractivity contribution < 1.29 is 9.59 Å². The van der Waals surface area contributed by atoms with Crippen molar-refractivity contribution in [2.45, 2.75) is 13.3 Å². The van der Waals surface area contributed by atoms with Gasteiger partial charge >= 0.3 is 0 Å². The van der Waals surface area contributed by atoms with Crippen LogP contribution in [0.25, 0.3) is 0 Å². The van der Waals surface area contributed by atoms with Crippen LogP contribution in [0.5, 0.6) is 0 Å². The van der Waals surface area contributed by atoms with Gasteiger partial charge in [-0.25, -0.2) is 0 Å². The van der Waals surface area contributed by atoms with Crippen LogP contribution in [-0.4, -0.2) is 22.9 Å². The Morgan fingerprint density at radius 2 is 1.85 bits per heavy atom. The maximum absolute atomic E-state index is 11.7. The molecule has 8 heteroatoms. The molecule has 0 saturated heterocycles. The number of benzene rings is 1. The number of nitrogens with one attached hydrogen (secondary N) is 3. The topological polar surface area (TPSA) is 82.1 Å². The number of hydrogen-bond donors (Lipinski definition) is 3. The first-order valence-corrected chi connectivity index (χ1v) is 7.43. The van der Waals surface area contributed by atoms with Crippen LogP contribution in [-0.2, 0) is 11.2 Å². The van der Waals surface area contributed by atoms with E-state index in [0.717, 1.165) is 11.8 Å². The fourth-order valence-corrected chi connectivity index (χ4v) is 2.31. The summed E-state index contributed by atoms with van der Waals surface area (Å²) in [4.78, 5) is 23.0. The fourth-order valence-electron chi connectivity index (χ4n) is 1.35. The molecule has 0 aliphatic heterocycles. The van der Waals surface area contributed by atoms with Crippen molar-refractivity contribution in [3.63, 3.8) is 0 Å². The number of guanidine groups is 1. The van der Waals surface area contributed by atoms with Crippen molar-refractivity contribution in [1.82, 2.24) is 10.6 Å².